The third kappa shape index (κ3) is 4.23. The van der Waals surface area contributed by atoms with Gasteiger partial charge in [-0.05, 0) is 6.92 Å². The van der Waals surface area contributed by atoms with Gasteiger partial charge in [-0.1, -0.05) is 6.92 Å². The zero-order valence-electron chi connectivity index (χ0n) is 6.98. The summed E-state index contributed by atoms with van der Waals surface area (Å²) in [6, 6.07) is 0. The fraction of sp³-hybridized carbons (Fsp3) is 0.714. The average molecular weight is 192 g/mol. The summed E-state index contributed by atoms with van der Waals surface area (Å²) in [6.45, 7) is 3.10. The fourth-order valence-electron chi connectivity index (χ4n) is 0.431. The first-order valence-electron chi connectivity index (χ1n) is 3.52. The van der Waals surface area contributed by atoms with Gasteiger partial charge in [-0.2, -0.15) is 0 Å². The molecule has 0 aliphatic heterocycles. The van der Waals surface area contributed by atoms with Crippen LogP contribution in [0.3, 0.4) is 0 Å². The predicted octanol–water partition coefficient (Wildman–Crippen LogP) is 0.913. The third-order valence-corrected chi connectivity index (χ3v) is 2.76. The van der Waals surface area contributed by atoms with Crippen molar-refractivity contribution in [2.75, 3.05) is 5.75 Å². The van der Waals surface area contributed by atoms with Gasteiger partial charge in [-0.3, -0.25) is 9.59 Å². The minimum atomic E-state index is -0.905. The second kappa shape index (κ2) is 5.03. The van der Waals surface area contributed by atoms with Gasteiger partial charge in [0.05, 0.1) is 11.2 Å². The SMILES string of the molecule is CC(CSC(C)C(=O)O)C(=O)O. The van der Waals surface area contributed by atoms with E-state index in [4.69, 9.17) is 10.2 Å². The van der Waals surface area contributed by atoms with E-state index < -0.39 is 23.1 Å². The van der Waals surface area contributed by atoms with Crippen molar-refractivity contribution in [3.8, 4) is 0 Å². The lowest BCUT2D eigenvalue weighted by molar-refractivity contribution is -0.140. The lowest BCUT2D eigenvalue weighted by Gasteiger charge is -2.08. The summed E-state index contributed by atoms with van der Waals surface area (Å²) < 4.78 is 0. The summed E-state index contributed by atoms with van der Waals surface area (Å²) in [7, 11) is 0. The molecule has 70 valence electrons. The minimum Gasteiger partial charge on any atom is -0.481 e. The summed E-state index contributed by atoms with van der Waals surface area (Å²) in [6.07, 6.45) is 0. The minimum absolute atomic E-state index is 0.336. The van der Waals surface area contributed by atoms with Crippen molar-refractivity contribution in [3.63, 3.8) is 0 Å². The highest BCUT2D eigenvalue weighted by Gasteiger charge is 2.16. The van der Waals surface area contributed by atoms with Crippen LogP contribution < -0.4 is 0 Å². The van der Waals surface area contributed by atoms with Crippen LogP contribution >= 0.6 is 11.8 Å². The molecule has 4 nitrogen and oxygen atoms in total. The van der Waals surface area contributed by atoms with Crippen LogP contribution in [-0.4, -0.2) is 33.2 Å². The Morgan fingerprint density at radius 3 is 2.08 bits per heavy atom. The molecule has 2 unspecified atom stereocenters. The summed E-state index contributed by atoms with van der Waals surface area (Å²) in [5, 5.41) is 16.4. The van der Waals surface area contributed by atoms with Gasteiger partial charge in [0, 0.05) is 5.75 Å². The Labute approximate surface area is 75.0 Å². The highest BCUT2D eigenvalue weighted by Crippen LogP contribution is 2.14. The standard InChI is InChI=1S/C7H12O4S/c1-4(6(8)9)3-12-5(2)7(10)11/h4-5H,3H2,1-2H3,(H,8,9)(H,10,11). The molecule has 0 saturated carbocycles. The van der Waals surface area contributed by atoms with Gasteiger partial charge in [0.25, 0.3) is 0 Å². The molecule has 0 heterocycles. The second-order valence-electron chi connectivity index (χ2n) is 2.55. The summed E-state index contributed by atoms with van der Waals surface area (Å²) in [5.41, 5.74) is 0. The molecule has 0 spiro atoms. The highest BCUT2D eigenvalue weighted by molar-refractivity contribution is 8.00. The van der Waals surface area contributed by atoms with Crippen LogP contribution in [0.25, 0.3) is 0 Å². The molecule has 0 saturated heterocycles. The summed E-state index contributed by atoms with van der Waals surface area (Å²) in [4.78, 5) is 20.6. The molecular weight excluding hydrogens is 180 g/mol. The number of hydrogen-bond acceptors (Lipinski definition) is 3. The van der Waals surface area contributed by atoms with E-state index in [-0.39, 0.29) is 0 Å². The van der Waals surface area contributed by atoms with Crippen LogP contribution in [0.15, 0.2) is 0 Å². The van der Waals surface area contributed by atoms with E-state index in [0.29, 0.717) is 5.75 Å². The van der Waals surface area contributed by atoms with Crippen molar-refractivity contribution < 1.29 is 19.8 Å². The molecule has 0 aromatic heterocycles. The quantitative estimate of drug-likeness (QED) is 0.677. The van der Waals surface area contributed by atoms with Gasteiger partial charge >= 0.3 is 11.9 Å². The van der Waals surface area contributed by atoms with Crippen molar-refractivity contribution in [1.82, 2.24) is 0 Å². The predicted molar refractivity (Wildman–Crippen MR) is 46.4 cm³/mol. The number of thioether (sulfide) groups is 1. The van der Waals surface area contributed by atoms with Crippen molar-refractivity contribution >= 4 is 23.7 Å². The van der Waals surface area contributed by atoms with Gasteiger partial charge in [0.1, 0.15) is 0 Å². The zero-order chi connectivity index (χ0) is 9.72. The Morgan fingerprint density at radius 1 is 1.25 bits per heavy atom. The Balaban J connectivity index is 3.68. The molecule has 0 fully saturated rings. The summed E-state index contributed by atoms with van der Waals surface area (Å²) in [5.74, 6) is -1.95. The van der Waals surface area contributed by atoms with Gasteiger partial charge in [-0.25, -0.2) is 0 Å². The number of carboxylic acid groups (broad SMARTS) is 2. The lowest BCUT2D eigenvalue weighted by Crippen LogP contribution is -2.17. The lowest BCUT2D eigenvalue weighted by atomic mass is 10.2. The number of carbonyl (C=O) groups is 2. The topological polar surface area (TPSA) is 74.6 Å². The zero-order valence-corrected chi connectivity index (χ0v) is 7.80. The molecule has 0 bridgehead atoms. The molecular formula is C7H12O4S. The van der Waals surface area contributed by atoms with Crippen LogP contribution in [0.5, 0.6) is 0 Å². The largest absolute Gasteiger partial charge is 0.481 e. The highest BCUT2D eigenvalue weighted by atomic mass is 32.2. The van der Waals surface area contributed by atoms with Crippen LogP contribution in [0.2, 0.25) is 0 Å². The smallest absolute Gasteiger partial charge is 0.316 e. The average Bonchev–Trinajstić information content (AvgIpc) is 1.98. The van der Waals surface area contributed by atoms with Gasteiger partial charge in [0.2, 0.25) is 0 Å². The van der Waals surface area contributed by atoms with Gasteiger partial charge in [0.15, 0.2) is 0 Å². The van der Waals surface area contributed by atoms with Crippen molar-refractivity contribution in [2.24, 2.45) is 5.92 Å². The van der Waals surface area contributed by atoms with E-state index >= 15 is 0 Å². The van der Waals surface area contributed by atoms with Gasteiger partial charge < -0.3 is 10.2 Å². The molecule has 0 rings (SSSR count). The molecule has 0 amide bonds. The normalized spacial score (nSPS) is 15.2. The summed E-state index contributed by atoms with van der Waals surface area (Å²) >= 11 is 1.14. The van der Waals surface area contributed by atoms with E-state index in [0.717, 1.165) is 11.8 Å². The first-order chi connectivity index (χ1) is 5.45. The molecule has 2 N–H and O–H groups in total. The third-order valence-electron chi connectivity index (χ3n) is 1.37. The second-order valence-corrected chi connectivity index (χ2v) is 3.93. The fourth-order valence-corrected chi connectivity index (χ4v) is 1.29. The maximum absolute atomic E-state index is 10.3. The Morgan fingerprint density at radius 2 is 1.75 bits per heavy atom. The van der Waals surface area contributed by atoms with Crippen molar-refractivity contribution in [1.29, 1.82) is 0 Å². The molecule has 0 aromatic rings. The molecule has 0 radical (unpaired) electrons. The van der Waals surface area contributed by atoms with E-state index in [1.165, 1.54) is 0 Å². The molecule has 0 aliphatic rings. The van der Waals surface area contributed by atoms with E-state index in [9.17, 15) is 9.59 Å². The number of aliphatic carboxylic acids is 2. The molecule has 0 aliphatic carbocycles. The van der Waals surface area contributed by atoms with E-state index in [1.54, 1.807) is 13.8 Å². The van der Waals surface area contributed by atoms with Crippen LogP contribution in [0.1, 0.15) is 13.8 Å². The molecule has 2 atom stereocenters. The first-order valence-corrected chi connectivity index (χ1v) is 4.57. The first kappa shape index (κ1) is 11.3. The number of rotatable bonds is 5. The maximum Gasteiger partial charge on any atom is 0.316 e. The Bertz CT molecular complexity index is 160. The molecule has 0 aromatic carbocycles. The van der Waals surface area contributed by atoms with Gasteiger partial charge in [-0.15, -0.1) is 11.8 Å². The van der Waals surface area contributed by atoms with Crippen molar-refractivity contribution in [2.45, 2.75) is 19.1 Å². The van der Waals surface area contributed by atoms with Crippen LogP contribution in [-0.2, 0) is 9.59 Å². The monoisotopic (exact) mass is 192 g/mol. The van der Waals surface area contributed by atoms with Crippen LogP contribution in [0.4, 0.5) is 0 Å². The van der Waals surface area contributed by atoms with Crippen LogP contribution in [0, 0.1) is 5.92 Å². The van der Waals surface area contributed by atoms with Crippen molar-refractivity contribution in [3.05, 3.63) is 0 Å². The Kier molecular flexibility index (Phi) is 4.73. The van der Waals surface area contributed by atoms with E-state index in [2.05, 4.69) is 0 Å². The van der Waals surface area contributed by atoms with E-state index in [1.807, 2.05) is 0 Å². The number of hydrogen-bond donors (Lipinski definition) is 2. The number of carboxylic acids is 2. The maximum atomic E-state index is 10.3. The molecule has 12 heavy (non-hydrogen) atoms. The molecule has 5 heteroatoms. The Hall–Kier alpha value is -0.710.